The van der Waals surface area contributed by atoms with Crippen LogP contribution in [0.5, 0.6) is 0 Å². The summed E-state index contributed by atoms with van der Waals surface area (Å²) < 4.78 is 7.43. The van der Waals surface area contributed by atoms with E-state index in [9.17, 15) is 0 Å². The summed E-state index contributed by atoms with van der Waals surface area (Å²) in [5.74, 6) is 0. The molecule has 1 atom stereocenters. The van der Waals surface area contributed by atoms with Crippen LogP contribution in [0.2, 0.25) is 5.02 Å². The summed E-state index contributed by atoms with van der Waals surface area (Å²) in [6.07, 6.45) is 1.95. The Morgan fingerprint density at radius 3 is 2.73 bits per heavy atom. The standard InChI is InChI=1S/C20H29ClN4O/c1-15(22-14-20(3,4)24-8-10-26-11-9-24)19-13-23-25(16(19)2)18-7-5-6-17(21)12-18/h5-7,12-13,15,22H,8-11,14H2,1-4H3. The molecule has 0 radical (unpaired) electrons. The van der Waals surface area contributed by atoms with Crippen molar-refractivity contribution in [2.45, 2.75) is 39.3 Å². The average Bonchev–Trinajstić information content (AvgIpc) is 3.02. The van der Waals surface area contributed by atoms with E-state index in [0.717, 1.165) is 49.3 Å². The molecule has 0 amide bonds. The van der Waals surface area contributed by atoms with Crippen LogP contribution < -0.4 is 5.32 Å². The van der Waals surface area contributed by atoms with Crippen LogP contribution in [0, 0.1) is 6.92 Å². The number of halogens is 1. The molecule has 1 aromatic heterocycles. The number of nitrogens with one attached hydrogen (secondary N) is 1. The summed E-state index contributed by atoms with van der Waals surface area (Å²) in [5.41, 5.74) is 3.43. The Morgan fingerprint density at radius 2 is 2.04 bits per heavy atom. The monoisotopic (exact) mass is 376 g/mol. The van der Waals surface area contributed by atoms with Gasteiger partial charge in [-0.2, -0.15) is 5.10 Å². The van der Waals surface area contributed by atoms with E-state index in [1.54, 1.807) is 0 Å². The van der Waals surface area contributed by atoms with Gasteiger partial charge in [0.1, 0.15) is 0 Å². The van der Waals surface area contributed by atoms with Crippen molar-refractivity contribution in [1.82, 2.24) is 20.0 Å². The number of hydrogen-bond acceptors (Lipinski definition) is 4. The summed E-state index contributed by atoms with van der Waals surface area (Å²) in [6.45, 7) is 13.4. The zero-order valence-electron chi connectivity index (χ0n) is 16.1. The number of hydrogen-bond donors (Lipinski definition) is 1. The third-order valence-corrected chi connectivity index (χ3v) is 5.51. The Hall–Kier alpha value is -1.40. The van der Waals surface area contributed by atoms with Crippen LogP contribution in [0.25, 0.3) is 5.69 Å². The Bertz CT molecular complexity index is 737. The first kappa shape index (κ1) is 19.4. The first-order chi connectivity index (χ1) is 12.4. The maximum Gasteiger partial charge on any atom is 0.0663 e. The molecular formula is C20H29ClN4O. The molecule has 1 aromatic carbocycles. The first-order valence-electron chi connectivity index (χ1n) is 9.25. The molecule has 1 unspecified atom stereocenters. The van der Waals surface area contributed by atoms with Gasteiger partial charge in [0.25, 0.3) is 0 Å². The van der Waals surface area contributed by atoms with Gasteiger partial charge in [0.15, 0.2) is 0 Å². The molecule has 6 heteroatoms. The zero-order valence-corrected chi connectivity index (χ0v) is 16.9. The van der Waals surface area contributed by atoms with Gasteiger partial charge < -0.3 is 10.1 Å². The zero-order chi connectivity index (χ0) is 18.7. The van der Waals surface area contributed by atoms with Gasteiger partial charge in [-0.15, -0.1) is 0 Å². The highest BCUT2D eigenvalue weighted by Gasteiger charge is 2.28. The molecular weight excluding hydrogens is 348 g/mol. The maximum absolute atomic E-state index is 6.12. The predicted molar refractivity (Wildman–Crippen MR) is 106 cm³/mol. The Kier molecular flexibility index (Phi) is 6.03. The molecule has 2 heterocycles. The lowest BCUT2D eigenvalue weighted by Crippen LogP contribution is -2.54. The van der Waals surface area contributed by atoms with E-state index in [1.807, 2.05) is 35.1 Å². The van der Waals surface area contributed by atoms with Crippen LogP contribution in [0.4, 0.5) is 0 Å². The fourth-order valence-electron chi connectivity index (χ4n) is 3.51. The van der Waals surface area contributed by atoms with Gasteiger partial charge in [0.05, 0.1) is 25.1 Å². The normalized spacial score (nSPS) is 17.4. The Morgan fingerprint density at radius 1 is 1.31 bits per heavy atom. The largest absolute Gasteiger partial charge is 0.379 e. The van der Waals surface area contributed by atoms with Crippen LogP contribution in [-0.4, -0.2) is 53.1 Å². The smallest absolute Gasteiger partial charge is 0.0663 e. The van der Waals surface area contributed by atoms with Crippen molar-refractivity contribution >= 4 is 11.6 Å². The fourth-order valence-corrected chi connectivity index (χ4v) is 3.69. The van der Waals surface area contributed by atoms with Crippen molar-refractivity contribution in [1.29, 1.82) is 0 Å². The van der Waals surface area contributed by atoms with Gasteiger partial charge in [-0.1, -0.05) is 17.7 Å². The van der Waals surface area contributed by atoms with Crippen LogP contribution >= 0.6 is 11.6 Å². The predicted octanol–water partition coefficient (Wildman–Crippen LogP) is 3.60. The maximum atomic E-state index is 6.12. The van der Waals surface area contributed by atoms with Crippen molar-refractivity contribution in [2.24, 2.45) is 0 Å². The molecule has 5 nitrogen and oxygen atoms in total. The fraction of sp³-hybridized carbons (Fsp3) is 0.550. The van der Waals surface area contributed by atoms with E-state index >= 15 is 0 Å². The average molecular weight is 377 g/mol. The second-order valence-electron chi connectivity index (χ2n) is 7.59. The minimum absolute atomic E-state index is 0.0922. The van der Waals surface area contributed by atoms with Crippen molar-refractivity contribution in [3.05, 3.63) is 46.7 Å². The van der Waals surface area contributed by atoms with Gasteiger partial charge in [0, 0.05) is 47.5 Å². The lowest BCUT2D eigenvalue weighted by molar-refractivity contribution is -0.0102. The van der Waals surface area contributed by atoms with Crippen molar-refractivity contribution in [3.63, 3.8) is 0 Å². The molecule has 1 saturated heterocycles. The summed E-state index contributed by atoms with van der Waals surface area (Å²) in [5, 5.41) is 8.98. The number of nitrogens with zero attached hydrogens (tertiary/aromatic N) is 3. The lowest BCUT2D eigenvalue weighted by atomic mass is 10.0. The molecule has 2 aromatic rings. The SMILES string of the molecule is Cc1c(C(C)NCC(C)(C)N2CCOCC2)cnn1-c1cccc(Cl)c1. The number of benzene rings is 1. The molecule has 3 rings (SSSR count). The molecule has 142 valence electrons. The van der Waals surface area contributed by atoms with Crippen molar-refractivity contribution < 1.29 is 4.74 Å². The molecule has 1 fully saturated rings. The van der Waals surface area contributed by atoms with E-state index < -0.39 is 0 Å². The van der Waals surface area contributed by atoms with Gasteiger partial charge >= 0.3 is 0 Å². The molecule has 1 aliphatic rings. The van der Waals surface area contributed by atoms with Crippen LogP contribution in [0.15, 0.2) is 30.5 Å². The van der Waals surface area contributed by atoms with E-state index in [0.29, 0.717) is 0 Å². The molecule has 1 aliphatic heterocycles. The number of rotatable bonds is 6. The van der Waals surface area contributed by atoms with Crippen LogP contribution in [-0.2, 0) is 4.74 Å². The summed E-state index contributed by atoms with van der Waals surface area (Å²) in [6, 6.07) is 8.01. The quantitative estimate of drug-likeness (QED) is 0.836. The molecule has 1 N–H and O–H groups in total. The van der Waals surface area contributed by atoms with E-state index in [-0.39, 0.29) is 11.6 Å². The minimum Gasteiger partial charge on any atom is -0.379 e. The van der Waals surface area contributed by atoms with Gasteiger partial charge in [-0.25, -0.2) is 4.68 Å². The topological polar surface area (TPSA) is 42.3 Å². The molecule has 0 bridgehead atoms. The number of ether oxygens (including phenoxy) is 1. The molecule has 26 heavy (non-hydrogen) atoms. The van der Waals surface area contributed by atoms with E-state index in [2.05, 4.69) is 43.0 Å². The number of aromatic nitrogens is 2. The lowest BCUT2D eigenvalue weighted by Gasteiger charge is -2.41. The highest BCUT2D eigenvalue weighted by molar-refractivity contribution is 6.30. The Labute approximate surface area is 161 Å². The molecule has 0 spiro atoms. The molecule has 0 aliphatic carbocycles. The van der Waals surface area contributed by atoms with E-state index in [4.69, 9.17) is 16.3 Å². The summed E-state index contributed by atoms with van der Waals surface area (Å²) in [4.78, 5) is 2.50. The van der Waals surface area contributed by atoms with E-state index in [1.165, 1.54) is 5.56 Å². The van der Waals surface area contributed by atoms with Gasteiger partial charge in [-0.3, -0.25) is 4.90 Å². The van der Waals surface area contributed by atoms with Gasteiger partial charge in [-0.05, 0) is 45.9 Å². The second kappa shape index (κ2) is 8.09. The highest BCUT2D eigenvalue weighted by atomic mass is 35.5. The summed E-state index contributed by atoms with van der Waals surface area (Å²) in [7, 11) is 0. The third-order valence-electron chi connectivity index (χ3n) is 5.28. The highest BCUT2D eigenvalue weighted by Crippen LogP contribution is 2.23. The first-order valence-corrected chi connectivity index (χ1v) is 9.63. The van der Waals surface area contributed by atoms with Crippen LogP contribution in [0.3, 0.4) is 0 Å². The van der Waals surface area contributed by atoms with Crippen molar-refractivity contribution in [2.75, 3.05) is 32.8 Å². The minimum atomic E-state index is 0.0922. The third kappa shape index (κ3) is 4.29. The van der Waals surface area contributed by atoms with Crippen LogP contribution in [0.1, 0.15) is 38.1 Å². The van der Waals surface area contributed by atoms with Gasteiger partial charge in [0.2, 0.25) is 0 Å². The summed E-state index contributed by atoms with van der Waals surface area (Å²) >= 11 is 6.12. The number of morpholine rings is 1. The molecule has 0 saturated carbocycles. The Balaban J connectivity index is 1.67. The second-order valence-corrected chi connectivity index (χ2v) is 8.03. The van der Waals surface area contributed by atoms with Crippen molar-refractivity contribution in [3.8, 4) is 5.69 Å².